The molecular weight excluding hydrogens is 322 g/mol. The Bertz CT molecular complexity index is 714. The summed E-state index contributed by atoms with van der Waals surface area (Å²) in [6.45, 7) is 2.53. The minimum absolute atomic E-state index is 0.352. The summed E-state index contributed by atoms with van der Waals surface area (Å²) in [7, 11) is 1.36. The van der Waals surface area contributed by atoms with Crippen LogP contribution in [0.2, 0.25) is 0 Å². The summed E-state index contributed by atoms with van der Waals surface area (Å²) in [5, 5.41) is 3.34. The maximum Gasteiger partial charge on any atom is 0.337 e. The molecule has 1 heterocycles. The zero-order valence-corrected chi connectivity index (χ0v) is 14.1. The van der Waals surface area contributed by atoms with E-state index in [2.05, 4.69) is 10.1 Å². The number of benzene rings is 2. The second kappa shape index (κ2) is 8.28. The fourth-order valence-corrected chi connectivity index (χ4v) is 2.45. The van der Waals surface area contributed by atoms with Crippen LogP contribution in [0.3, 0.4) is 0 Å². The summed E-state index contributed by atoms with van der Waals surface area (Å²) in [4.78, 5) is 11.4. The molecular formula is C19H21NO5. The third-order valence-corrected chi connectivity index (χ3v) is 3.74. The van der Waals surface area contributed by atoms with E-state index in [0.29, 0.717) is 25.4 Å². The summed E-state index contributed by atoms with van der Waals surface area (Å²) in [6.07, 6.45) is 0.840. The molecule has 25 heavy (non-hydrogen) atoms. The monoisotopic (exact) mass is 343 g/mol. The fourth-order valence-electron chi connectivity index (χ4n) is 2.45. The molecule has 6 heteroatoms. The molecule has 0 atom stereocenters. The molecule has 0 unspecified atom stereocenters. The molecule has 1 N–H and O–H groups in total. The Hall–Kier alpha value is -2.89. The van der Waals surface area contributed by atoms with E-state index in [-0.39, 0.29) is 5.97 Å². The summed E-state index contributed by atoms with van der Waals surface area (Å²) in [5.41, 5.74) is 1.50. The Morgan fingerprint density at radius 3 is 2.60 bits per heavy atom. The standard InChI is InChI=1S/C19H21NO5/c1-22-19(21)14-3-6-16(7-4-14)23-10-2-9-20-15-5-8-17-18(13-15)25-12-11-24-17/h3-8,13,20H,2,9-12H2,1H3. The van der Waals surface area contributed by atoms with E-state index in [9.17, 15) is 4.79 Å². The van der Waals surface area contributed by atoms with Gasteiger partial charge in [-0.3, -0.25) is 0 Å². The Labute approximate surface area is 146 Å². The number of nitrogens with one attached hydrogen (secondary N) is 1. The van der Waals surface area contributed by atoms with Gasteiger partial charge in [0, 0.05) is 18.3 Å². The maximum atomic E-state index is 11.4. The van der Waals surface area contributed by atoms with Gasteiger partial charge in [-0.2, -0.15) is 0 Å². The summed E-state index contributed by atoms with van der Waals surface area (Å²) in [6, 6.07) is 12.7. The van der Waals surface area contributed by atoms with E-state index in [0.717, 1.165) is 35.9 Å². The topological polar surface area (TPSA) is 66.0 Å². The van der Waals surface area contributed by atoms with Crippen LogP contribution in [-0.4, -0.2) is 39.4 Å². The van der Waals surface area contributed by atoms with Crippen LogP contribution in [0.5, 0.6) is 17.2 Å². The molecule has 0 aliphatic carbocycles. The van der Waals surface area contributed by atoms with Gasteiger partial charge in [-0.05, 0) is 42.8 Å². The first kappa shape index (κ1) is 17.0. The number of fused-ring (bicyclic) bond motifs is 1. The van der Waals surface area contributed by atoms with Gasteiger partial charge in [-0.1, -0.05) is 0 Å². The molecule has 0 saturated carbocycles. The maximum absolute atomic E-state index is 11.4. The van der Waals surface area contributed by atoms with Crippen LogP contribution >= 0.6 is 0 Å². The smallest absolute Gasteiger partial charge is 0.337 e. The molecule has 0 saturated heterocycles. The molecule has 0 fully saturated rings. The van der Waals surface area contributed by atoms with Crippen LogP contribution < -0.4 is 19.5 Å². The van der Waals surface area contributed by atoms with Crippen LogP contribution in [0.15, 0.2) is 42.5 Å². The van der Waals surface area contributed by atoms with Crippen molar-refractivity contribution in [1.82, 2.24) is 0 Å². The first-order chi connectivity index (χ1) is 12.3. The van der Waals surface area contributed by atoms with Gasteiger partial charge in [0.15, 0.2) is 11.5 Å². The van der Waals surface area contributed by atoms with Gasteiger partial charge in [0.2, 0.25) is 0 Å². The van der Waals surface area contributed by atoms with Gasteiger partial charge in [0.1, 0.15) is 19.0 Å². The number of methoxy groups -OCH3 is 1. The van der Waals surface area contributed by atoms with Crippen molar-refractivity contribution >= 4 is 11.7 Å². The molecule has 1 aliphatic heterocycles. The molecule has 6 nitrogen and oxygen atoms in total. The number of carbonyl (C=O) groups excluding carboxylic acids is 1. The van der Waals surface area contributed by atoms with E-state index in [1.165, 1.54) is 7.11 Å². The van der Waals surface area contributed by atoms with Gasteiger partial charge in [0.05, 0.1) is 19.3 Å². The van der Waals surface area contributed by atoms with Gasteiger partial charge in [0.25, 0.3) is 0 Å². The Morgan fingerprint density at radius 1 is 1.08 bits per heavy atom. The van der Waals surface area contributed by atoms with Gasteiger partial charge < -0.3 is 24.3 Å². The van der Waals surface area contributed by atoms with Crippen LogP contribution in [0.1, 0.15) is 16.8 Å². The fraction of sp³-hybridized carbons (Fsp3) is 0.316. The Balaban J connectivity index is 1.39. The van der Waals surface area contributed by atoms with E-state index < -0.39 is 0 Å². The first-order valence-electron chi connectivity index (χ1n) is 8.21. The van der Waals surface area contributed by atoms with Crippen LogP contribution in [0, 0.1) is 0 Å². The van der Waals surface area contributed by atoms with Crippen molar-refractivity contribution in [3.8, 4) is 17.2 Å². The van der Waals surface area contributed by atoms with Gasteiger partial charge >= 0.3 is 5.97 Å². The quantitative estimate of drug-likeness (QED) is 0.615. The molecule has 0 bridgehead atoms. The van der Waals surface area contributed by atoms with Crippen molar-refractivity contribution in [2.75, 3.05) is 38.8 Å². The largest absolute Gasteiger partial charge is 0.494 e. The van der Waals surface area contributed by atoms with Crippen molar-refractivity contribution in [2.24, 2.45) is 0 Å². The third-order valence-electron chi connectivity index (χ3n) is 3.74. The van der Waals surface area contributed by atoms with Gasteiger partial charge in [-0.15, -0.1) is 0 Å². The lowest BCUT2D eigenvalue weighted by molar-refractivity contribution is 0.0600. The number of ether oxygens (including phenoxy) is 4. The zero-order valence-electron chi connectivity index (χ0n) is 14.1. The molecule has 0 spiro atoms. The third kappa shape index (κ3) is 4.56. The van der Waals surface area contributed by atoms with E-state index >= 15 is 0 Å². The van der Waals surface area contributed by atoms with Gasteiger partial charge in [-0.25, -0.2) is 4.79 Å². The second-order valence-electron chi connectivity index (χ2n) is 5.50. The van der Waals surface area contributed by atoms with Crippen molar-refractivity contribution in [3.05, 3.63) is 48.0 Å². The molecule has 0 aromatic heterocycles. The molecule has 2 aromatic carbocycles. The minimum atomic E-state index is -0.352. The highest BCUT2D eigenvalue weighted by Gasteiger charge is 2.11. The average Bonchev–Trinajstić information content (AvgIpc) is 2.67. The molecule has 0 radical (unpaired) electrons. The summed E-state index contributed by atoms with van der Waals surface area (Å²) >= 11 is 0. The number of hydrogen-bond donors (Lipinski definition) is 1. The van der Waals surface area contributed by atoms with Crippen LogP contribution in [0.4, 0.5) is 5.69 Å². The average molecular weight is 343 g/mol. The van der Waals surface area contributed by atoms with Crippen LogP contribution in [0.25, 0.3) is 0 Å². The van der Waals surface area contributed by atoms with Crippen molar-refractivity contribution in [3.63, 3.8) is 0 Å². The number of esters is 1. The molecule has 1 aliphatic rings. The zero-order chi connectivity index (χ0) is 17.5. The number of hydrogen-bond acceptors (Lipinski definition) is 6. The summed E-state index contributed by atoms with van der Waals surface area (Å²) in [5.74, 6) is 1.94. The predicted octanol–water partition coefficient (Wildman–Crippen LogP) is 3.13. The normalized spacial score (nSPS) is 12.4. The molecule has 3 rings (SSSR count). The highest BCUT2D eigenvalue weighted by Crippen LogP contribution is 2.32. The van der Waals surface area contributed by atoms with E-state index in [4.69, 9.17) is 14.2 Å². The Kier molecular flexibility index (Phi) is 5.61. The molecule has 2 aromatic rings. The lowest BCUT2D eigenvalue weighted by Gasteiger charge is -2.19. The van der Waals surface area contributed by atoms with E-state index in [1.54, 1.807) is 24.3 Å². The highest BCUT2D eigenvalue weighted by molar-refractivity contribution is 5.89. The van der Waals surface area contributed by atoms with Crippen LogP contribution in [-0.2, 0) is 4.74 Å². The lowest BCUT2D eigenvalue weighted by atomic mass is 10.2. The Morgan fingerprint density at radius 2 is 1.84 bits per heavy atom. The number of carbonyl (C=O) groups is 1. The minimum Gasteiger partial charge on any atom is -0.494 e. The molecule has 0 amide bonds. The number of anilines is 1. The van der Waals surface area contributed by atoms with Crippen molar-refractivity contribution in [2.45, 2.75) is 6.42 Å². The first-order valence-corrected chi connectivity index (χ1v) is 8.21. The number of rotatable bonds is 7. The van der Waals surface area contributed by atoms with Crippen molar-refractivity contribution in [1.29, 1.82) is 0 Å². The van der Waals surface area contributed by atoms with E-state index in [1.807, 2.05) is 18.2 Å². The lowest BCUT2D eigenvalue weighted by Crippen LogP contribution is -2.15. The SMILES string of the molecule is COC(=O)c1ccc(OCCCNc2ccc3c(c2)OCCO3)cc1. The predicted molar refractivity (Wildman–Crippen MR) is 93.8 cm³/mol. The molecule has 132 valence electrons. The highest BCUT2D eigenvalue weighted by atomic mass is 16.6. The second-order valence-corrected chi connectivity index (χ2v) is 5.50. The summed E-state index contributed by atoms with van der Waals surface area (Å²) < 4.78 is 21.4. The van der Waals surface area contributed by atoms with Crippen molar-refractivity contribution < 1.29 is 23.7 Å².